The fourth-order valence-electron chi connectivity index (χ4n) is 2.46. The number of para-hydroxylation sites is 1. The van der Waals surface area contributed by atoms with E-state index in [2.05, 4.69) is 10.4 Å². The SMILES string of the molecule is Cc1cc(C)n(Cc2ccc(C(=O)Nc3ccccc3C)o2)n1. The molecule has 0 atom stereocenters. The number of hydrogen-bond donors (Lipinski definition) is 1. The van der Waals surface area contributed by atoms with Gasteiger partial charge in [-0.15, -0.1) is 0 Å². The Morgan fingerprint density at radius 1 is 1.17 bits per heavy atom. The maximum Gasteiger partial charge on any atom is 0.291 e. The number of aromatic nitrogens is 2. The van der Waals surface area contributed by atoms with Crippen LogP contribution in [0.2, 0.25) is 0 Å². The van der Waals surface area contributed by atoms with Gasteiger partial charge in [0.05, 0.1) is 12.2 Å². The second-order valence-electron chi connectivity index (χ2n) is 5.62. The molecule has 0 saturated carbocycles. The number of nitrogens with one attached hydrogen (secondary N) is 1. The number of furan rings is 1. The molecule has 1 aromatic carbocycles. The number of anilines is 1. The average Bonchev–Trinajstić information content (AvgIpc) is 3.09. The Labute approximate surface area is 134 Å². The van der Waals surface area contributed by atoms with Crippen LogP contribution in [-0.2, 0) is 6.54 Å². The molecule has 118 valence electrons. The summed E-state index contributed by atoms with van der Waals surface area (Å²) in [5.41, 5.74) is 3.82. The molecule has 2 aromatic heterocycles. The molecule has 3 rings (SSSR count). The third-order valence-corrected chi connectivity index (χ3v) is 3.69. The maximum absolute atomic E-state index is 12.3. The van der Waals surface area contributed by atoms with Gasteiger partial charge in [0.2, 0.25) is 0 Å². The van der Waals surface area contributed by atoms with Crippen LogP contribution in [0, 0.1) is 20.8 Å². The van der Waals surface area contributed by atoms with Crippen molar-refractivity contribution in [3.05, 3.63) is 70.9 Å². The summed E-state index contributed by atoms with van der Waals surface area (Å²) < 4.78 is 7.51. The number of rotatable bonds is 4. The monoisotopic (exact) mass is 309 g/mol. The number of carbonyl (C=O) groups excluding carboxylic acids is 1. The number of nitrogens with zero attached hydrogens (tertiary/aromatic N) is 2. The van der Waals surface area contributed by atoms with Gasteiger partial charge < -0.3 is 9.73 Å². The molecule has 3 aromatic rings. The van der Waals surface area contributed by atoms with Crippen molar-refractivity contribution in [1.29, 1.82) is 0 Å². The van der Waals surface area contributed by atoms with E-state index in [0.717, 1.165) is 22.6 Å². The molecule has 2 heterocycles. The average molecular weight is 309 g/mol. The van der Waals surface area contributed by atoms with Gasteiger partial charge in [-0.1, -0.05) is 18.2 Å². The van der Waals surface area contributed by atoms with Crippen LogP contribution in [-0.4, -0.2) is 15.7 Å². The highest BCUT2D eigenvalue weighted by atomic mass is 16.4. The summed E-state index contributed by atoms with van der Waals surface area (Å²) in [5.74, 6) is 0.745. The van der Waals surface area contributed by atoms with Gasteiger partial charge in [0.15, 0.2) is 5.76 Å². The molecule has 0 radical (unpaired) electrons. The first-order chi connectivity index (χ1) is 11.0. The second kappa shape index (κ2) is 6.12. The quantitative estimate of drug-likeness (QED) is 0.799. The minimum atomic E-state index is -0.251. The Morgan fingerprint density at radius 2 is 1.96 bits per heavy atom. The summed E-state index contributed by atoms with van der Waals surface area (Å²) >= 11 is 0. The van der Waals surface area contributed by atoms with Crippen molar-refractivity contribution in [2.24, 2.45) is 0 Å². The van der Waals surface area contributed by atoms with Gasteiger partial charge in [-0.3, -0.25) is 9.48 Å². The predicted molar refractivity (Wildman–Crippen MR) is 88.6 cm³/mol. The van der Waals surface area contributed by atoms with Crippen molar-refractivity contribution in [2.75, 3.05) is 5.32 Å². The lowest BCUT2D eigenvalue weighted by molar-refractivity contribution is 0.0994. The molecule has 0 spiro atoms. The number of carbonyl (C=O) groups is 1. The van der Waals surface area contributed by atoms with Gasteiger partial charge in [0, 0.05) is 11.4 Å². The van der Waals surface area contributed by atoms with Crippen molar-refractivity contribution >= 4 is 11.6 Å². The first-order valence-corrected chi connectivity index (χ1v) is 7.49. The molecule has 0 fully saturated rings. The van der Waals surface area contributed by atoms with E-state index < -0.39 is 0 Å². The zero-order valence-electron chi connectivity index (χ0n) is 13.5. The van der Waals surface area contributed by atoms with Crippen LogP contribution in [0.5, 0.6) is 0 Å². The lowest BCUT2D eigenvalue weighted by Gasteiger charge is -2.06. The largest absolute Gasteiger partial charge is 0.454 e. The molecule has 0 bridgehead atoms. The minimum absolute atomic E-state index is 0.251. The van der Waals surface area contributed by atoms with E-state index in [1.54, 1.807) is 6.07 Å². The standard InChI is InChI=1S/C18H19N3O2/c1-12-6-4-5-7-16(12)19-18(22)17-9-8-15(23-17)11-21-14(3)10-13(2)20-21/h4-10H,11H2,1-3H3,(H,19,22). The normalized spacial score (nSPS) is 10.7. The molecular weight excluding hydrogens is 290 g/mol. The van der Waals surface area contributed by atoms with Crippen molar-refractivity contribution in [3.63, 3.8) is 0 Å². The van der Waals surface area contributed by atoms with E-state index >= 15 is 0 Å². The Morgan fingerprint density at radius 3 is 2.65 bits per heavy atom. The number of hydrogen-bond acceptors (Lipinski definition) is 3. The van der Waals surface area contributed by atoms with E-state index in [1.807, 2.05) is 61.9 Å². The highest BCUT2D eigenvalue weighted by Gasteiger charge is 2.13. The fourth-order valence-corrected chi connectivity index (χ4v) is 2.46. The second-order valence-corrected chi connectivity index (χ2v) is 5.62. The third kappa shape index (κ3) is 3.34. The van der Waals surface area contributed by atoms with Crippen molar-refractivity contribution in [3.8, 4) is 0 Å². The van der Waals surface area contributed by atoms with E-state index in [9.17, 15) is 4.79 Å². The number of amides is 1. The Balaban J connectivity index is 1.72. The molecule has 5 nitrogen and oxygen atoms in total. The highest BCUT2D eigenvalue weighted by molar-refractivity contribution is 6.02. The van der Waals surface area contributed by atoms with Crippen LogP contribution >= 0.6 is 0 Å². The molecule has 1 amide bonds. The van der Waals surface area contributed by atoms with E-state index in [-0.39, 0.29) is 5.91 Å². The first-order valence-electron chi connectivity index (χ1n) is 7.49. The summed E-state index contributed by atoms with van der Waals surface area (Å²) in [6.45, 7) is 6.41. The van der Waals surface area contributed by atoms with Crippen LogP contribution in [0.3, 0.4) is 0 Å². The third-order valence-electron chi connectivity index (χ3n) is 3.69. The van der Waals surface area contributed by atoms with Crippen molar-refractivity contribution < 1.29 is 9.21 Å². The summed E-state index contributed by atoms with van der Waals surface area (Å²) in [7, 11) is 0. The van der Waals surface area contributed by atoms with Gasteiger partial charge in [-0.2, -0.15) is 5.10 Å². The molecule has 0 unspecified atom stereocenters. The summed E-state index contributed by atoms with van der Waals surface area (Å²) in [6.07, 6.45) is 0. The van der Waals surface area contributed by atoms with Crippen molar-refractivity contribution in [1.82, 2.24) is 9.78 Å². The molecule has 0 saturated heterocycles. The van der Waals surface area contributed by atoms with Crippen molar-refractivity contribution in [2.45, 2.75) is 27.3 Å². The van der Waals surface area contributed by atoms with E-state index in [4.69, 9.17) is 4.42 Å². The van der Waals surface area contributed by atoms with Gasteiger partial charge in [0.1, 0.15) is 5.76 Å². The van der Waals surface area contributed by atoms with Crippen LogP contribution in [0.25, 0.3) is 0 Å². The van der Waals surface area contributed by atoms with Crippen LogP contribution < -0.4 is 5.32 Å². The predicted octanol–water partition coefficient (Wildman–Crippen LogP) is 3.70. The molecule has 5 heteroatoms. The van der Waals surface area contributed by atoms with Gasteiger partial charge in [0.25, 0.3) is 5.91 Å². The first kappa shape index (κ1) is 15.1. The Kier molecular flexibility index (Phi) is 4.02. The van der Waals surface area contributed by atoms with Gasteiger partial charge in [-0.25, -0.2) is 0 Å². The molecule has 1 N–H and O–H groups in total. The van der Waals surface area contributed by atoms with Crippen LogP contribution in [0.1, 0.15) is 33.3 Å². The summed E-state index contributed by atoms with van der Waals surface area (Å²) in [4.78, 5) is 12.3. The molecule has 0 aliphatic rings. The smallest absolute Gasteiger partial charge is 0.291 e. The minimum Gasteiger partial charge on any atom is -0.454 e. The fraction of sp³-hybridized carbons (Fsp3) is 0.222. The van der Waals surface area contributed by atoms with Crippen LogP contribution in [0.4, 0.5) is 5.69 Å². The van der Waals surface area contributed by atoms with Gasteiger partial charge in [-0.05, 0) is 50.6 Å². The Bertz CT molecular complexity index is 846. The molecular formula is C18H19N3O2. The summed E-state index contributed by atoms with van der Waals surface area (Å²) in [5, 5.41) is 7.26. The zero-order chi connectivity index (χ0) is 16.4. The summed E-state index contributed by atoms with van der Waals surface area (Å²) in [6, 6.07) is 13.1. The highest BCUT2D eigenvalue weighted by Crippen LogP contribution is 2.16. The maximum atomic E-state index is 12.3. The van der Waals surface area contributed by atoms with Crippen LogP contribution in [0.15, 0.2) is 46.9 Å². The molecule has 0 aliphatic carbocycles. The van der Waals surface area contributed by atoms with E-state index in [1.165, 1.54) is 0 Å². The Hall–Kier alpha value is -2.82. The number of benzene rings is 1. The zero-order valence-corrected chi connectivity index (χ0v) is 13.5. The number of aryl methyl sites for hydroxylation is 3. The lowest BCUT2D eigenvalue weighted by atomic mass is 10.2. The molecule has 0 aliphatic heterocycles. The van der Waals surface area contributed by atoms with Gasteiger partial charge >= 0.3 is 0 Å². The topological polar surface area (TPSA) is 60.1 Å². The van der Waals surface area contributed by atoms with E-state index in [0.29, 0.717) is 18.1 Å². The molecule has 23 heavy (non-hydrogen) atoms. The lowest BCUT2D eigenvalue weighted by Crippen LogP contribution is -2.11.